The van der Waals surface area contributed by atoms with Crippen molar-refractivity contribution >= 4 is 5.91 Å². The number of nitrogens with zero attached hydrogens (tertiary/aromatic N) is 1. The molecule has 0 aliphatic carbocycles. The van der Waals surface area contributed by atoms with E-state index in [-0.39, 0.29) is 11.7 Å². The Kier molecular flexibility index (Phi) is 5.46. The summed E-state index contributed by atoms with van der Waals surface area (Å²) in [5.41, 5.74) is 0.913. The number of hydrogen-bond donors (Lipinski definition) is 1. The van der Waals surface area contributed by atoms with Gasteiger partial charge in [0.2, 0.25) is 5.91 Å². The molecule has 0 aliphatic heterocycles. The number of benzene rings is 2. The molecule has 1 N–H and O–H groups in total. The van der Waals surface area contributed by atoms with Gasteiger partial charge in [-0.15, -0.1) is 0 Å². The highest BCUT2D eigenvalue weighted by Gasteiger charge is 2.21. The van der Waals surface area contributed by atoms with Gasteiger partial charge in [-0.1, -0.05) is 30.3 Å². The quantitative estimate of drug-likeness (QED) is 0.671. The van der Waals surface area contributed by atoms with Crippen LogP contribution in [-0.4, -0.2) is 23.6 Å². The Morgan fingerprint density at radius 3 is 2.36 bits per heavy atom. The van der Waals surface area contributed by atoms with E-state index in [0.29, 0.717) is 18.9 Å². The maximum atomic E-state index is 12.9. The molecule has 3 rings (SSSR count). The molecule has 0 saturated carbocycles. The van der Waals surface area contributed by atoms with E-state index < -0.39 is 6.04 Å². The molecule has 0 saturated heterocycles. The van der Waals surface area contributed by atoms with E-state index in [1.807, 2.05) is 59.4 Å². The highest BCUT2D eigenvalue weighted by molar-refractivity contribution is 5.83. The highest BCUT2D eigenvalue weighted by atomic mass is 19.1. The van der Waals surface area contributed by atoms with Crippen LogP contribution in [0, 0.1) is 5.82 Å². The van der Waals surface area contributed by atoms with Gasteiger partial charge >= 0.3 is 0 Å². The second-order valence-electron chi connectivity index (χ2n) is 5.54. The number of nitrogens with one attached hydrogen (secondary N) is 1. The van der Waals surface area contributed by atoms with Gasteiger partial charge in [-0.25, -0.2) is 4.39 Å². The number of carbonyl (C=O) groups excluding carboxylic acids is 1. The van der Waals surface area contributed by atoms with Crippen LogP contribution in [0.3, 0.4) is 0 Å². The zero-order valence-electron chi connectivity index (χ0n) is 13.6. The average molecular weight is 338 g/mol. The Bertz CT molecular complexity index is 786. The lowest BCUT2D eigenvalue weighted by molar-refractivity contribution is -0.123. The minimum atomic E-state index is -0.429. The molecule has 1 aromatic heterocycles. The fourth-order valence-electron chi connectivity index (χ4n) is 2.58. The van der Waals surface area contributed by atoms with Gasteiger partial charge in [0.25, 0.3) is 0 Å². The molecule has 128 valence electrons. The topological polar surface area (TPSA) is 43.3 Å². The fourth-order valence-corrected chi connectivity index (χ4v) is 2.58. The van der Waals surface area contributed by atoms with Crippen LogP contribution in [0.25, 0.3) is 0 Å². The lowest BCUT2D eigenvalue weighted by atomic mass is 10.1. The summed E-state index contributed by atoms with van der Waals surface area (Å²) in [5.74, 6) is 0.156. The van der Waals surface area contributed by atoms with Gasteiger partial charge in [-0.05, 0) is 42.0 Å². The summed E-state index contributed by atoms with van der Waals surface area (Å²) >= 11 is 0. The number of aromatic nitrogens is 1. The zero-order chi connectivity index (χ0) is 17.5. The zero-order valence-corrected chi connectivity index (χ0v) is 13.6. The Morgan fingerprint density at radius 1 is 1.00 bits per heavy atom. The molecule has 0 unspecified atom stereocenters. The molecule has 1 heterocycles. The van der Waals surface area contributed by atoms with Gasteiger partial charge in [-0.3, -0.25) is 4.79 Å². The van der Waals surface area contributed by atoms with Gasteiger partial charge in [0.1, 0.15) is 24.2 Å². The van der Waals surface area contributed by atoms with E-state index in [1.54, 1.807) is 12.1 Å². The number of hydrogen-bond acceptors (Lipinski definition) is 2. The second-order valence-corrected chi connectivity index (χ2v) is 5.54. The second kappa shape index (κ2) is 8.15. The molecule has 1 atom stereocenters. The first-order valence-corrected chi connectivity index (χ1v) is 8.07. The normalized spacial score (nSPS) is 11.7. The predicted octanol–water partition coefficient (Wildman–Crippen LogP) is 3.41. The molecule has 0 spiro atoms. The molecule has 4 nitrogen and oxygen atoms in total. The lowest BCUT2D eigenvalue weighted by Crippen LogP contribution is -2.35. The van der Waals surface area contributed by atoms with Crippen LogP contribution in [0.15, 0.2) is 79.1 Å². The third-order valence-electron chi connectivity index (χ3n) is 3.77. The maximum Gasteiger partial charge on any atom is 0.247 e. The van der Waals surface area contributed by atoms with Gasteiger partial charge in [0.05, 0.1) is 6.54 Å². The Balaban J connectivity index is 1.58. The van der Waals surface area contributed by atoms with Crippen molar-refractivity contribution in [1.82, 2.24) is 9.88 Å². The molecular formula is C20H19FN2O2. The highest BCUT2D eigenvalue weighted by Crippen LogP contribution is 2.18. The third kappa shape index (κ3) is 4.47. The van der Waals surface area contributed by atoms with Gasteiger partial charge in [-0.2, -0.15) is 0 Å². The Hall–Kier alpha value is -3.08. The largest absolute Gasteiger partial charge is 0.492 e. The molecule has 0 bridgehead atoms. The van der Waals surface area contributed by atoms with Crippen molar-refractivity contribution in [1.29, 1.82) is 0 Å². The minimum absolute atomic E-state index is 0.106. The first-order valence-electron chi connectivity index (χ1n) is 8.07. The van der Waals surface area contributed by atoms with Crippen LogP contribution >= 0.6 is 0 Å². The Morgan fingerprint density at radius 2 is 1.68 bits per heavy atom. The predicted molar refractivity (Wildman–Crippen MR) is 93.9 cm³/mol. The maximum absolute atomic E-state index is 12.9. The van der Waals surface area contributed by atoms with Crippen molar-refractivity contribution in [3.05, 3.63) is 90.5 Å². The van der Waals surface area contributed by atoms with Crippen molar-refractivity contribution in [3.8, 4) is 5.75 Å². The number of rotatable bonds is 7. The van der Waals surface area contributed by atoms with Gasteiger partial charge in [0.15, 0.2) is 0 Å². The van der Waals surface area contributed by atoms with Crippen LogP contribution in [-0.2, 0) is 4.79 Å². The monoisotopic (exact) mass is 338 g/mol. The van der Waals surface area contributed by atoms with Crippen LogP contribution in [0.1, 0.15) is 11.6 Å². The summed E-state index contributed by atoms with van der Waals surface area (Å²) in [4.78, 5) is 12.7. The number of carbonyl (C=O) groups is 1. The minimum Gasteiger partial charge on any atom is -0.492 e. The molecule has 2 aromatic carbocycles. The molecule has 0 fully saturated rings. The number of halogens is 1. The van der Waals surface area contributed by atoms with Crippen molar-refractivity contribution in [3.63, 3.8) is 0 Å². The lowest BCUT2D eigenvalue weighted by Gasteiger charge is -2.19. The van der Waals surface area contributed by atoms with Crippen LogP contribution in [0.4, 0.5) is 4.39 Å². The number of ether oxygens (including phenoxy) is 1. The van der Waals surface area contributed by atoms with E-state index in [9.17, 15) is 9.18 Å². The molecule has 0 aliphatic rings. The van der Waals surface area contributed by atoms with E-state index in [4.69, 9.17) is 4.74 Å². The standard InChI is InChI=1S/C20H19FN2O2/c21-17-8-10-18(11-9-17)25-15-12-22-20(24)19(23-13-4-5-14-23)16-6-2-1-3-7-16/h1-11,13-14,19H,12,15H2,(H,22,24)/t19-/m1/s1. The van der Waals surface area contributed by atoms with Crippen LogP contribution in [0.5, 0.6) is 5.75 Å². The average Bonchev–Trinajstić information content (AvgIpc) is 3.15. The third-order valence-corrected chi connectivity index (χ3v) is 3.77. The van der Waals surface area contributed by atoms with Crippen molar-refractivity contribution in [2.75, 3.05) is 13.2 Å². The number of amides is 1. The first kappa shape index (κ1) is 16.8. The van der Waals surface area contributed by atoms with E-state index in [2.05, 4.69) is 5.32 Å². The van der Waals surface area contributed by atoms with Crippen LogP contribution < -0.4 is 10.1 Å². The summed E-state index contributed by atoms with van der Waals surface area (Å²) in [5, 5.41) is 2.89. The summed E-state index contributed by atoms with van der Waals surface area (Å²) in [6, 6.07) is 18.8. The van der Waals surface area contributed by atoms with Crippen molar-refractivity contribution < 1.29 is 13.9 Å². The van der Waals surface area contributed by atoms with Crippen molar-refractivity contribution in [2.45, 2.75) is 6.04 Å². The van der Waals surface area contributed by atoms with E-state index in [0.717, 1.165) is 5.56 Å². The summed E-state index contributed by atoms with van der Waals surface area (Å²) < 4.78 is 20.2. The van der Waals surface area contributed by atoms with Crippen LogP contribution in [0.2, 0.25) is 0 Å². The fraction of sp³-hybridized carbons (Fsp3) is 0.150. The summed E-state index contributed by atoms with van der Waals surface area (Å²) in [6.07, 6.45) is 3.73. The van der Waals surface area contributed by atoms with E-state index in [1.165, 1.54) is 12.1 Å². The molecule has 5 heteroatoms. The summed E-state index contributed by atoms with van der Waals surface area (Å²) in [6.45, 7) is 0.672. The van der Waals surface area contributed by atoms with Gasteiger partial charge in [0, 0.05) is 12.4 Å². The SMILES string of the molecule is O=C(NCCOc1ccc(F)cc1)[C@@H](c1ccccc1)n1cccc1. The molecule has 0 radical (unpaired) electrons. The molecule has 25 heavy (non-hydrogen) atoms. The van der Waals surface area contributed by atoms with E-state index >= 15 is 0 Å². The smallest absolute Gasteiger partial charge is 0.247 e. The van der Waals surface area contributed by atoms with Gasteiger partial charge < -0.3 is 14.6 Å². The van der Waals surface area contributed by atoms with Crippen molar-refractivity contribution in [2.24, 2.45) is 0 Å². The molecule has 1 amide bonds. The summed E-state index contributed by atoms with van der Waals surface area (Å²) in [7, 11) is 0. The molecular weight excluding hydrogens is 319 g/mol. The molecule has 3 aromatic rings. The first-order chi connectivity index (χ1) is 12.2. The Labute approximate surface area is 145 Å².